The molecular weight excluding hydrogens is 310 g/mol. The molecule has 0 radical (unpaired) electrons. The summed E-state index contributed by atoms with van der Waals surface area (Å²) in [6.45, 7) is 1.78. The minimum Gasteiger partial charge on any atom is -0.383 e. The lowest BCUT2D eigenvalue weighted by Gasteiger charge is -2.10. The molecule has 3 rings (SSSR count). The zero-order valence-electron chi connectivity index (χ0n) is 13.7. The Morgan fingerprint density at radius 3 is 2.21 bits per heavy atom. The van der Waals surface area contributed by atoms with Crippen molar-refractivity contribution in [1.82, 2.24) is 14.1 Å². The largest absolute Gasteiger partial charge is 0.383 e. The Balaban J connectivity index is 2.24. The molecule has 0 aromatic carbocycles. The van der Waals surface area contributed by atoms with E-state index in [2.05, 4.69) is 4.98 Å². The molecule has 0 N–H and O–H groups in total. The fourth-order valence-electron chi connectivity index (χ4n) is 2.73. The Kier molecular flexibility index (Phi) is 4.73. The molecule has 0 aliphatic heterocycles. The molecule has 24 heavy (non-hydrogen) atoms. The highest BCUT2D eigenvalue weighted by molar-refractivity contribution is 6.04. The molecule has 0 amide bonds. The van der Waals surface area contributed by atoms with Crippen LogP contribution in [0.15, 0.2) is 40.3 Å². The van der Waals surface area contributed by atoms with Crippen molar-refractivity contribution in [2.24, 2.45) is 0 Å². The molecule has 0 saturated carbocycles. The first kappa shape index (κ1) is 16.4. The van der Waals surface area contributed by atoms with Gasteiger partial charge in [0.15, 0.2) is 0 Å². The minimum absolute atomic E-state index is 0.170. The van der Waals surface area contributed by atoms with Crippen molar-refractivity contribution in [3.8, 4) is 0 Å². The number of methoxy groups -OCH3 is 2. The molecule has 0 unspecified atom stereocenters. The molecule has 0 spiro atoms. The van der Waals surface area contributed by atoms with Crippen molar-refractivity contribution in [3.05, 3.63) is 51.4 Å². The molecule has 126 valence electrons. The first-order valence-corrected chi connectivity index (χ1v) is 7.66. The SMILES string of the molecule is COCCn1ccc2c(cnc3ccn(CCOC)c(=O)c32)c1=O. The lowest BCUT2D eigenvalue weighted by Crippen LogP contribution is -2.24. The van der Waals surface area contributed by atoms with E-state index in [4.69, 9.17) is 9.47 Å². The van der Waals surface area contributed by atoms with Crippen molar-refractivity contribution in [2.45, 2.75) is 13.1 Å². The third kappa shape index (κ3) is 2.83. The summed E-state index contributed by atoms with van der Waals surface area (Å²) in [5.74, 6) is 0. The van der Waals surface area contributed by atoms with E-state index >= 15 is 0 Å². The van der Waals surface area contributed by atoms with E-state index in [1.54, 1.807) is 47.9 Å². The highest BCUT2D eigenvalue weighted by atomic mass is 16.5. The zero-order valence-corrected chi connectivity index (χ0v) is 13.7. The molecular formula is C17H19N3O4. The number of hydrogen-bond donors (Lipinski definition) is 0. The highest BCUT2D eigenvalue weighted by Gasteiger charge is 2.11. The van der Waals surface area contributed by atoms with Crippen LogP contribution in [0.4, 0.5) is 0 Å². The quantitative estimate of drug-likeness (QED) is 0.631. The Morgan fingerprint density at radius 2 is 1.54 bits per heavy atom. The summed E-state index contributed by atoms with van der Waals surface area (Å²) in [5.41, 5.74) is 0.234. The van der Waals surface area contributed by atoms with Gasteiger partial charge >= 0.3 is 0 Å². The molecule has 0 saturated heterocycles. The van der Waals surface area contributed by atoms with E-state index in [1.165, 1.54) is 6.20 Å². The van der Waals surface area contributed by atoms with Gasteiger partial charge in [-0.05, 0) is 12.1 Å². The van der Waals surface area contributed by atoms with Gasteiger partial charge in [-0.25, -0.2) is 0 Å². The molecule has 3 heterocycles. The Hall–Kier alpha value is -2.51. The summed E-state index contributed by atoms with van der Waals surface area (Å²) in [6.07, 6.45) is 4.92. The summed E-state index contributed by atoms with van der Waals surface area (Å²) in [7, 11) is 3.18. The molecule has 0 fully saturated rings. The van der Waals surface area contributed by atoms with E-state index in [0.717, 1.165) is 0 Å². The monoisotopic (exact) mass is 329 g/mol. The zero-order chi connectivity index (χ0) is 17.1. The van der Waals surface area contributed by atoms with Crippen molar-refractivity contribution >= 4 is 21.7 Å². The van der Waals surface area contributed by atoms with Crippen LogP contribution in [0.3, 0.4) is 0 Å². The number of fused-ring (bicyclic) bond motifs is 3. The Labute approximate surface area is 138 Å². The van der Waals surface area contributed by atoms with Crippen molar-refractivity contribution in [3.63, 3.8) is 0 Å². The highest BCUT2D eigenvalue weighted by Crippen LogP contribution is 2.17. The Morgan fingerprint density at radius 1 is 0.917 bits per heavy atom. The van der Waals surface area contributed by atoms with Crippen LogP contribution >= 0.6 is 0 Å². The van der Waals surface area contributed by atoms with Gasteiger partial charge < -0.3 is 18.6 Å². The maximum Gasteiger partial charge on any atom is 0.260 e. The summed E-state index contributed by atoms with van der Waals surface area (Å²) in [5, 5.41) is 1.51. The molecule has 0 bridgehead atoms. The van der Waals surface area contributed by atoms with Crippen LogP contribution in [0.5, 0.6) is 0 Å². The van der Waals surface area contributed by atoms with Crippen LogP contribution in [-0.2, 0) is 22.6 Å². The number of hydrogen-bond acceptors (Lipinski definition) is 5. The first-order chi connectivity index (χ1) is 11.7. The Bertz CT molecular complexity index is 991. The maximum atomic E-state index is 12.8. The molecule has 0 atom stereocenters. The minimum atomic E-state index is -0.175. The van der Waals surface area contributed by atoms with Gasteiger partial charge in [-0.15, -0.1) is 0 Å². The second kappa shape index (κ2) is 6.94. The fourth-order valence-corrected chi connectivity index (χ4v) is 2.73. The lowest BCUT2D eigenvalue weighted by atomic mass is 10.1. The van der Waals surface area contributed by atoms with Crippen LogP contribution in [-0.4, -0.2) is 41.6 Å². The summed E-state index contributed by atoms with van der Waals surface area (Å²) >= 11 is 0. The molecule has 3 aromatic heterocycles. The van der Waals surface area contributed by atoms with Crippen LogP contribution < -0.4 is 11.1 Å². The molecule has 3 aromatic rings. The summed E-state index contributed by atoms with van der Waals surface area (Å²) in [4.78, 5) is 29.6. The van der Waals surface area contributed by atoms with Gasteiger partial charge in [0, 0.05) is 51.3 Å². The number of ether oxygens (including phenoxy) is 2. The lowest BCUT2D eigenvalue weighted by molar-refractivity contribution is 0.186. The number of rotatable bonds is 6. The summed E-state index contributed by atoms with van der Waals surface area (Å²) in [6, 6.07) is 3.57. The topological polar surface area (TPSA) is 75.3 Å². The van der Waals surface area contributed by atoms with Gasteiger partial charge in [0.05, 0.1) is 29.5 Å². The van der Waals surface area contributed by atoms with Crippen LogP contribution in [0.2, 0.25) is 0 Å². The predicted molar refractivity (Wildman–Crippen MR) is 91.5 cm³/mol. The second-order valence-electron chi connectivity index (χ2n) is 5.46. The van der Waals surface area contributed by atoms with Crippen LogP contribution in [0, 0.1) is 0 Å². The predicted octanol–water partition coefficient (Wildman–Crippen LogP) is 1.00. The van der Waals surface area contributed by atoms with Gasteiger partial charge in [-0.2, -0.15) is 0 Å². The standard InChI is InChI=1S/C17H19N3O4/c1-23-9-7-19-5-3-12-13(16(19)21)11-18-14-4-6-20(8-10-24-2)17(22)15(12)14/h3-6,11H,7-10H2,1-2H3. The van der Waals surface area contributed by atoms with Gasteiger partial charge in [0.2, 0.25) is 0 Å². The van der Waals surface area contributed by atoms with Gasteiger partial charge in [-0.3, -0.25) is 14.6 Å². The van der Waals surface area contributed by atoms with E-state index in [9.17, 15) is 9.59 Å². The van der Waals surface area contributed by atoms with Gasteiger partial charge in [0.1, 0.15) is 0 Å². The molecule has 7 heteroatoms. The van der Waals surface area contributed by atoms with E-state index in [1.807, 2.05) is 0 Å². The fraction of sp³-hybridized carbons (Fsp3) is 0.353. The van der Waals surface area contributed by atoms with E-state index in [0.29, 0.717) is 48.0 Å². The van der Waals surface area contributed by atoms with Crippen molar-refractivity contribution in [2.75, 3.05) is 27.4 Å². The van der Waals surface area contributed by atoms with E-state index in [-0.39, 0.29) is 11.1 Å². The smallest absolute Gasteiger partial charge is 0.260 e. The molecule has 0 aliphatic rings. The molecule has 7 nitrogen and oxygen atoms in total. The second-order valence-corrected chi connectivity index (χ2v) is 5.46. The summed E-state index contributed by atoms with van der Waals surface area (Å²) < 4.78 is 13.2. The normalized spacial score (nSPS) is 11.4. The first-order valence-electron chi connectivity index (χ1n) is 7.66. The average Bonchev–Trinajstić information content (AvgIpc) is 2.60. The number of aromatic nitrogens is 3. The van der Waals surface area contributed by atoms with Gasteiger partial charge in [0.25, 0.3) is 11.1 Å². The van der Waals surface area contributed by atoms with Crippen LogP contribution in [0.25, 0.3) is 21.7 Å². The van der Waals surface area contributed by atoms with Crippen molar-refractivity contribution in [1.29, 1.82) is 0 Å². The van der Waals surface area contributed by atoms with E-state index < -0.39 is 0 Å². The van der Waals surface area contributed by atoms with Gasteiger partial charge in [-0.1, -0.05) is 0 Å². The van der Waals surface area contributed by atoms with Crippen LogP contribution in [0.1, 0.15) is 0 Å². The average molecular weight is 329 g/mol. The third-order valence-electron chi connectivity index (χ3n) is 4.02. The van der Waals surface area contributed by atoms with Crippen molar-refractivity contribution < 1.29 is 9.47 Å². The number of pyridine rings is 3. The maximum absolute atomic E-state index is 12.8. The number of nitrogens with zero attached hydrogens (tertiary/aromatic N) is 3. The third-order valence-corrected chi connectivity index (χ3v) is 4.02. The molecule has 0 aliphatic carbocycles.